The van der Waals surface area contributed by atoms with E-state index in [4.69, 9.17) is 0 Å². The van der Waals surface area contributed by atoms with E-state index in [1.165, 1.54) is 42.2 Å². The zero-order valence-corrected chi connectivity index (χ0v) is 18.7. The molecule has 0 fully saturated rings. The first kappa shape index (κ1) is 22.7. The highest BCUT2D eigenvalue weighted by Gasteiger charge is 2.15. The number of nitrogens with one attached hydrogen (secondary N) is 2. The van der Waals surface area contributed by atoms with Crippen LogP contribution >= 0.6 is 23.1 Å². The van der Waals surface area contributed by atoms with Crippen LogP contribution in [0.4, 0.5) is 20.9 Å². The molecule has 3 aromatic rings. The maximum atomic E-state index is 13.4. The first-order valence-electron chi connectivity index (χ1n) is 9.56. The molecule has 0 spiro atoms. The van der Waals surface area contributed by atoms with E-state index in [2.05, 4.69) is 20.8 Å². The highest BCUT2D eigenvalue weighted by atomic mass is 32.2. The first-order valence-corrected chi connectivity index (χ1v) is 11.4. The Kier molecular flexibility index (Phi) is 7.96. The van der Waals surface area contributed by atoms with Crippen LogP contribution in [-0.4, -0.2) is 39.2 Å². The molecule has 2 amide bonds. The number of halogens is 1. The van der Waals surface area contributed by atoms with Crippen LogP contribution < -0.4 is 10.6 Å². The SMILES string of the molecule is CCN(Cc1cccc(F)c1)C(=O)CSc1nnc(Nc2cccc(NC(C)=O)c2)s1. The largest absolute Gasteiger partial charge is 0.338 e. The molecule has 0 atom stereocenters. The van der Waals surface area contributed by atoms with E-state index < -0.39 is 0 Å². The number of hydrogen-bond donors (Lipinski definition) is 2. The number of nitrogens with zero attached hydrogens (tertiary/aromatic N) is 3. The van der Waals surface area contributed by atoms with Gasteiger partial charge in [-0.05, 0) is 42.8 Å². The summed E-state index contributed by atoms with van der Waals surface area (Å²) in [5, 5.41) is 14.7. The van der Waals surface area contributed by atoms with Crippen molar-refractivity contribution in [2.75, 3.05) is 22.9 Å². The minimum atomic E-state index is -0.313. The number of carbonyl (C=O) groups excluding carboxylic acids is 2. The van der Waals surface area contributed by atoms with Gasteiger partial charge in [0.25, 0.3) is 0 Å². The molecule has 31 heavy (non-hydrogen) atoms. The monoisotopic (exact) mass is 459 g/mol. The summed E-state index contributed by atoms with van der Waals surface area (Å²) in [5.74, 6) is -0.290. The Hall–Kier alpha value is -2.98. The van der Waals surface area contributed by atoms with Gasteiger partial charge in [-0.25, -0.2) is 4.39 Å². The molecule has 10 heteroatoms. The van der Waals surface area contributed by atoms with Crippen molar-refractivity contribution in [1.29, 1.82) is 0 Å². The number of anilines is 3. The summed E-state index contributed by atoms with van der Waals surface area (Å²) in [6.45, 7) is 4.24. The van der Waals surface area contributed by atoms with E-state index in [-0.39, 0.29) is 23.4 Å². The lowest BCUT2D eigenvalue weighted by Gasteiger charge is -2.20. The van der Waals surface area contributed by atoms with Crippen molar-refractivity contribution in [1.82, 2.24) is 15.1 Å². The molecule has 0 bridgehead atoms. The van der Waals surface area contributed by atoms with Gasteiger partial charge in [0.05, 0.1) is 5.75 Å². The summed E-state index contributed by atoms with van der Waals surface area (Å²) in [6, 6.07) is 13.5. The third kappa shape index (κ3) is 7.04. The van der Waals surface area contributed by atoms with Gasteiger partial charge in [-0.1, -0.05) is 41.3 Å². The fourth-order valence-electron chi connectivity index (χ4n) is 2.77. The van der Waals surface area contributed by atoms with Gasteiger partial charge in [0.15, 0.2) is 4.34 Å². The Balaban J connectivity index is 1.54. The van der Waals surface area contributed by atoms with E-state index in [9.17, 15) is 14.0 Å². The molecule has 7 nitrogen and oxygen atoms in total. The smallest absolute Gasteiger partial charge is 0.233 e. The predicted octanol–water partition coefficient (Wildman–Crippen LogP) is 4.52. The van der Waals surface area contributed by atoms with Crippen molar-refractivity contribution in [3.05, 3.63) is 59.9 Å². The number of hydrogen-bond acceptors (Lipinski definition) is 7. The minimum absolute atomic E-state index is 0.0514. The number of rotatable bonds is 9. The van der Waals surface area contributed by atoms with Gasteiger partial charge in [-0.15, -0.1) is 10.2 Å². The van der Waals surface area contributed by atoms with Crippen LogP contribution in [0.25, 0.3) is 0 Å². The Bertz CT molecular complexity index is 1060. The molecule has 0 radical (unpaired) electrons. The fourth-order valence-corrected chi connectivity index (χ4v) is 4.44. The molecule has 2 aromatic carbocycles. The van der Waals surface area contributed by atoms with Gasteiger partial charge in [-0.3, -0.25) is 9.59 Å². The average molecular weight is 460 g/mol. The van der Waals surface area contributed by atoms with Crippen LogP contribution in [0.1, 0.15) is 19.4 Å². The molecule has 3 rings (SSSR count). The second-order valence-electron chi connectivity index (χ2n) is 6.59. The summed E-state index contributed by atoms with van der Waals surface area (Å²) in [4.78, 5) is 25.5. The minimum Gasteiger partial charge on any atom is -0.338 e. The third-order valence-electron chi connectivity index (χ3n) is 4.16. The molecular weight excluding hydrogens is 437 g/mol. The fraction of sp³-hybridized carbons (Fsp3) is 0.238. The number of amides is 2. The van der Waals surface area contributed by atoms with Gasteiger partial charge in [0.2, 0.25) is 16.9 Å². The van der Waals surface area contributed by atoms with Crippen LogP contribution in [-0.2, 0) is 16.1 Å². The van der Waals surface area contributed by atoms with Crippen LogP contribution in [0.2, 0.25) is 0 Å². The van der Waals surface area contributed by atoms with E-state index in [1.807, 2.05) is 19.1 Å². The Labute approximate surface area is 188 Å². The number of thioether (sulfide) groups is 1. The number of benzene rings is 2. The molecule has 162 valence electrons. The van der Waals surface area contributed by atoms with Crippen molar-refractivity contribution < 1.29 is 14.0 Å². The molecule has 0 aliphatic heterocycles. The molecule has 1 aromatic heterocycles. The second-order valence-corrected chi connectivity index (χ2v) is 8.79. The van der Waals surface area contributed by atoms with Gasteiger partial charge in [0, 0.05) is 31.4 Å². The Morgan fingerprint density at radius 2 is 1.90 bits per heavy atom. The highest BCUT2D eigenvalue weighted by Crippen LogP contribution is 2.28. The van der Waals surface area contributed by atoms with E-state index in [1.54, 1.807) is 29.2 Å². The third-order valence-corrected chi connectivity index (χ3v) is 6.11. The maximum Gasteiger partial charge on any atom is 0.233 e. The van der Waals surface area contributed by atoms with Crippen molar-refractivity contribution in [3.8, 4) is 0 Å². The maximum absolute atomic E-state index is 13.4. The van der Waals surface area contributed by atoms with Crippen LogP contribution in [0, 0.1) is 5.82 Å². The molecule has 0 saturated carbocycles. The molecule has 1 heterocycles. The van der Waals surface area contributed by atoms with E-state index in [0.29, 0.717) is 28.2 Å². The van der Waals surface area contributed by atoms with Crippen LogP contribution in [0.15, 0.2) is 52.9 Å². The van der Waals surface area contributed by atoms with Gasteiger partial charge >= 0.3 is 0 Å². The van der Waals surface area contributed by atoms with Crippen molar-refractivity contribution >= 4 is 51.4 Å². The van der Waals surface area contributed by atoms with Gasteiger partial charge in [0.1, 0.15) is 5.82 Å². The summed E-state index contributed by atoms with van der Waals surface area (Å²) in [6.07, 6.45) is 0. The molecule has 0 saturated heterocycles. The summed E-state index contributed by atoms with van der Waals surface area (Å²) in [5.41, 5.74) is 2.20. The van der Waals surface area contributed by atoms with Crippen molar-refractivity contribution in [3.63, 3.8) is 0 Å². The van der Waals surface area contributed by atoms with Gasteiger partial charge in [-0.2, -0.15) is 0 Å². The number of carbonyl (C=O) groups is 2. The van der Waals surface area contributed by atoms with Crippen LogP contribution in [0.3, 0.4) is 0 Å². The zero-order chi connectivity index (χ0) is 22.2. The molecule has 2 N–H and O–H groups in total. The lowest BCUT2D eigenvalue weighted by molar-refractivity contribution is -0.128. The first-order chi connectivity index (χ1) is 14.9. The molecule has 0 unspecified atom stereocenters. The normalized spacial score (nSPS) is 10.5. The highest BCUT2D eigenvalue weighted by molar-refractivity contribution is 8.01. The summed E-state index contributed by atoms with van der Waals surface area (Å²) >= 11 is 2.65. The molecule has 0 aliphatic carbocycles. The topological polar surface area (TPSA) is 87.2 Å². The average Bonchev–Trinajstić information content (AvgIpc) is 3.17. The summed E-state index contributed by atoms with van der Waals surface area (Å²) in [7, 11) is 0. The standard InChI is InChI=1S/C21H22FN5O2S2/c1-3-27(12-15-6-4-7-16(22)10-15)19(29)13-30-21-26-25-20(31-21)24-18-9-5-8-17(11-18)23-14(2)28/h4-11H,3,12-13H2,1-2H3,(H,23,28)(H,24,25). The number of aromatic nitrogens is 2. The lowest BCUT2D eigenvalue weighted by atomic mass is 10.2. The Morgan fingerprint density at radius 3 is 2.65 bits per heavy atom. The van der Waals surface area contributed by atoms with Crippen molar-refractivity contribution in [2.45, 2.75) is 24.7 Å². The molecule has 0 aliphatic rings. The quantitative estimate of drug-likeness (QED) is 0.458. The van der Waals surface area contributed by atoms with Crippen molar-refractivity contribution in [2.24, 2.45) is 0 Å². The van der Waals surface area contributed by atoms with E-state index in [0.717, 1.165) is 11.3 Å². The predicted molar refractivity (Wildman–Crippen MR) is 122 cm³/mol. The second kappa shape index (κ2) is 10.9. The Morgan fingerprint density at radius 1 is 1.13 bits per heavy atom. The lowest BCUT2D eigenvalue weighted by Crippen LogP contribution is -2.31. The van der Waals surface area contributed by atoms with E-state index >= 15 is 0 Å². The zero-order valence-electron chi connectivity index (χ0n) is 17.1. The molecular formula is C21H22FN5O2S2. The van der Waals surface area contributed by atoms with Gasteiger partial charge < -0.3 is 15.5 Å². The van der Waals surface area contributed by atoms with Crippen LogP contribution in [0.5, 0.6) is 0 Å². The summed E-state index contributed by atoms with van der Waals surface area (Å²) < 4.78 is 14.0.